The molecule has 0 aliphatic carbocycles. The number of hydrogen-bond acceptors (Lipinski definition) is 5. The lowest BCUT2D eigenvalue weighted by Gasteiger charge is -2.10. The number of halogens is 1. The van der Waals surface area contributed by atoms with Crippen molar-refractivity contribution < 1.29 is 22.7 Å². The molecule has 0 fully saturated rings. The van der Waals surface area contributed by atoms with Crippen LogP contribution in [0.2, 0.25) is 0 Å². The summed E-state index contributed by atoms with van der Waals surface area (Å²) in [6.07, 6.45) is 0. The van der Waals surface area contributed by atoms with E-state index < -0.39 is 22.6 Å². The van der Waals surface area contributed by atoms with Crippen LogP contribution in [0, 0.1) is 3.57 Å². The molecule has 6 nitrogen and oxygen atoms in total. The van der Waals surface area contributed by atoms with Gasteiger partial charge < -0.3 is 4.74 Å². The number of sulfonamides is 1. The van der Waals surface area contributed by atoms with Gasteiger partial charge >= 0.3 is 5.97 Å². The van der Waals surface area contributed by atoms with Crippen molar-refractivity contribution in [2.75, 3.05) is 11.3 Å². The molecule has 35 heavy (non-hydrogen) atoms. The van der Waals surface area contributed by atoms with Gasteiger partial charge in [-0.25, -0.2) is 13.2 Å². The first kappa shape index (κ1) is 24.6. The maximum atomic E-state index is 12.7. The minimum Gasteiger partial charge on any atom is -0.454 e. The molecule has 0 amide bonds. The topological polar surface area (TPSA) is 89.5 Å². The molecule has 0 saturated carbocycles. The zero-order valence-electron chi connectivity index (χ0n) is 18.3. The van der Waals surface area contributed by atoms with E-state index in [1.807, 2.05) is 42.5 Å². The van der Waals surface area contributed by atoms with E-state index in [0.717, 1.165) is 14.7 Å². The highest BCUT2D eigenvalue weighted by Gasteiger charge is 2.18. The molecule has 8 heteroatoms. The lowest BCUT2D eigenvalue weighted by Crippen LogP contribution is -2.16. The number of hydrogen-bond donors (Lipinski definition) is 1. The largest absolute Gasteiger partial charge is 0.454 e. The van der Waals surface area contributed by atoms with E-state index in [4.69, 9.17) is 4.74 Å². The van der Waals surface area contributed by atoms with Gasteiger partial charge in [-0.05, 0) is 76.2 Å². The Labute approximate surface area is 217 Å². The molecule has 4 aromatic rings. The van der Waals surface area contributed by atoms with Crippen LogP contribution in [0.25, 0.3) is 11.1 Å². The molecule has 0 aliphatic rings. The minimum atomic E-state index is -3.91. The lowest BCUT2D eigenvalue weighted by atomic mass is 10.0. The quantitative estimate of drug-likeness (QED) is 0.158. The van der Waals surface area contributed by atoms with Crippen LogP contribution in [0.4, 0.5) is 5.69 Å². The number of Topliss-reactive ketones (excluding diaryl/α,β-unsaturated/α-hetero) is 1. The third kappa shape index (κ3) is 6.34. The van der Waals surface area contributed by atoms with Gasteiger partial charge in [0.15, 0.2) is 12.4 Å². The van der Waals surface area contributed by atoms with Gasteiger partial charge in [0.05, 0.1) is 10.5 Å². The van der Waals surface area contributed by atoms with Crippen molar-refractivity contribution in [3.05, 3.63) is 118 Å². The van der Waals surface area contributed by atoms with Crippen molar-refractivity contribution >= 4 is 50.1 Å². The second-order valence-corrected chi connectivity index (χ2v) is 10.5. The third-order valence-corrected chi connectivity index (χ3v) is 7.22. The van der Waals surface area contributed by atoms with Crippen LogP contribution < -0.4 is 4.72 Å². The van der Waals surface area contributed by atoms with E-state index in [-0.39, 0.29) is 16.2 Å². The summed E-state index contributed by atoms with van der Waals surface area (Å²) in [6, 6.07) is 29.1. The SMILES string of the molecule is O=C(COC(=O)c1cccc(S(=O)(=O)Nc2ccc(I)cc2)c1)c1ccc(-c2ccccc2)cc1. The van der Waals surface area contributed by atoms with E-state index in [2.05, 4.69) is 27.3 Å². The highest BCUT2D eigenvalue weighted by Crippen LogP contribution is 2.21. The van der Waals surface area contributed by atoms with Gasteiger partial charge in [-0.2, -0.15) is 0 Å². The Kier molecular flexibility index (Phi) is 7.62. The summed E-state index contributed by atoms with van der Waals surface area (Å²) in [5.41, 5.74) is 2.85. The van der Waals surface area contributed by atoms with Gasteiger partial charge in [0.25, 0.3) is 10.0 Å². The average molecular weight is 597 g/mol. The Hall–Kier alpha value is -3.50. The van der Waals surface area contributed by atoms with E-state index >= 15 is 0 Å². The Balaban J connectivity index is 1.40. The number of ketones is 1. The van der Waals surface area contributed by atoms with Crippen LogP contribution >= 0.6 is 22.6 Å². The van der Waals surface area contributed by atoms with E-state index in [1.165, 1.54) is 24.3 Å². The molecule has 0 aliphatic heterocycles. The number of benzene rings is 4. The molecule has 0 unspecified atom stereocenters. The number of esters is 1. The van der Waals surface area contributed by atoms with Crippen molar-refractivity contribution in [2.45, 2.75) is 4.90 Å². The molecule has 0 atom stereocenters. The van der Waals surface area contributed by atoms with Crippen LogP contribution in [0.5, 0.6) is 0 Å². The summed E-state index contributed by atoms with van der Waals surface area (Å²) < 4.78 is 34.0. The molecule has 4 aromatic carbocycles. The van der Waals surface area contributed by atoms with Crippen LogP contribution in [-0.4, -0.2) is 26.8 Å². The van der Waals surface area contributed by atoms with Crippen molar-refractivity contribution in [3.63, 3.8) is 0 Å². The van der Waals surface area contributed by atoms with Gasteiger partial charge in [0.1, 0.15) is 0 Å². The van der Waals surface area contributed by atoms with Crippen LogP contribution in [0.1, 0.15) is 20.7 Å². The molecule has 0 spiro atoms. The Morgan fingerprint density at radius 1 is 0.743 bits per heavy atom. The lowest BCUT2D eigenvalue weighted by molar-refractivity contribution is 0.0474. The van der Waals surface area contributed by atoms with Crippen molar-refractivity contribution in [1.82, 2.24) is 0 Å². The second kappa shape index (κ2) is 10.8. The summed E-state index contributed by atoms with van der Waals surface area (Å²) in [6.45, 7) is -0.457. The number of anilines is 1. The Morgan fingerprint density at radius 3 is 2.09 bits per heavy atom. The van der Waals surface area contributed by atoms with Gasteiger partial charge in [-0.15, -0.1) is 0 Å². The maximum absolute atomic E-state index is 12.7. The number of nitrogens with one attached hydrogen (secondary N) is 1. The maximum Gasteiger partial charge on any atom is 0.338 e. The molecule has 0 aromatic heterocycles. The monoisotopic (exact) mass is 597 g/mol. The fraction of sp³-hybridized carbons (Fsp3) is 0.0370. The Bertz CT molecular complexity index is 1450. The summed E-state index contributed by atoms with van der Waals surface area (Å²) in [5, 5.41) is 0. The molecule has 1 N–H and O–H groups in total. The van der Waals surface area contributed by atoms with Crippen molar-refractivity contribution in [2.24, 2.45) is 0 Å². The summed E-state index contributed by atoms with van der Waals surface area (Å²) in [7, 11) is -3.91. The van der Waals surface area contributed by atoms with Crippen molar-refractivity contribution in [3.8, 4) is 11.1 Å². The molecule has 0 bridgehead atoms. The van der Waals surface area contributed by atoms with Crippen LogP contribution in [0.15, 0.2) is 108 Å². The minimum absolute atomic E-state index is 0.0303. The number of carbonyl (C=O) groups is 2. The average Bonchev–Trinajstić information content (AvgIpc) is 2.89. The molecule has 0 radical (unpaired) electrons. The second-order valence-electron chi connectivity index (χ2n) is 7.58. The van der Waals surface area contributed by atoms with E-state index in [9.17, 15) is 18.0 Å². The smallest absolute Gasteiger partial charge is 0.338 e. The van der Waals surface area contributed by atoms with E-state index in [0.29, 0.717) is 11.3 Å². The highest BCUT2D eigenvalue weighted by atomic mass is 127. The standard InChI is InChI=1S/C27H20INO5S/c28-23-13-15-24(16-14-23)29-35(32,33)25-8-4-7-22(17-25)27(31)34-18-26(30)21-11-9-20(10-12-21)19-5-2-1-3-6-19/h1-17,29H,18H2. The summed E-state index contributed by atoms with van der Waals surface area (Å²) >= 11 is 2.12. The molecular formula is C27H20INO5S. The molecule has 0 saturated heterocycles. The van der Waals surface area contributed by atoms with Gasteiger partial charge in [-0.1, -0.05) is 60.7 Å². The van der Waals surface area contributed by atoms with Crippen molar-refractivity contribution in [1.29, 1.82) is 0 Å². The summed E-state index contributed by atoms with van der Waals surface area (Å²) in [5.74, 6) is -1.15. The van der Waals surface area contributed by atoms with Gasteiger partial charge in [0, 0.05) is 14.8 Å². The summed E-state index contributed by atoms with van der Waals surface area (Å²) in [4.78, 5) is 24.9. The van der Waals surface area contributed by atoms with Crippen LogP contribution in [0.3, 0.4) is 0 Å². The Morgan fingerprint density at radius 2 is 1.40 bits per heavy atom. The predicted octanol–water partition coefficient (Wildman–Crippen LogP) is 5.80. The number of rotatable bonds is 8. The van der Waals surface area contributed by atoms with Gasteiger partial charge in [-0.3, -0.25) is 9.52 Å². The zero-order chi connectivity index (χ0) is 24.8. The molecule has 176 valence electrons. The first-order valence-corrected chi connectivity index (χ1v) is 13.1. The highest BCUT2D eigenvalue weighted by molar-refractivity contribution is 14.1. The number of ether oxygens (including phenoxy) is 1. The molecular weight excluding hydrogens is 577 g/mol. The van der Waals surface area contributed by atoms with Crippen LogP contribution in [-0.2, 0) is 14.8 Å². The first-order chi connectivity index (χ1) is 16.8. The number of carbonyl (C=O) groups excluding carboxylic acids is 2. The fourth-order valence-electron chi connectivity index (χ4n) is 3.30. The third-order valence-electron chi connectivity index (χ3n) is 5.12. The molecule has 0 heterocycles. The molecule has 4 rings (SSSR count). The fourth-order valence-corrected chi connectivity index (χ4v) is 4.76. The zero-order valence-corrected chi connectivity index (χ0v) is 21.3. The normalized spacial score (nSPS) is 11.0. The van der Waals surface area contributed by atoms with E-state index in [1.54, 1.807) is 36.4 Å². The first-order valence-electron chi connectivity index (χ1n) is 10.6. The van der Waals surface area contributed by atoms with Gasteiger partial charge in [0.2, 0.25) is 0 Å². The predicted molar refractivity (Wildman–Crippen MR) is 143 cm³/mol.